The lowest BCUT2D eigenvalue weighted by molar-refractivity contribution is -0.144. The van der Waals surface area contributed by atoms with Gasteiger partial charge in [-0.1, -0.05) is 12.1 Å². The number of esters is 1. The molecule has 154 valence electrons. The van der Waals surface area contributed by atoms with Crippen LogP contribution in [0.3, 0.4) is 0 Å². The second kappa shape index (κ2) is 10.4. The van der Waals surface area contributed by atoms with E-state index in [1.165, 1.54) is 49.8 Å². The number of rotatable bonds is 8. The predicted molar refractivity (Wildman–Crippen MR) is 93.9 cm³/mol. The smallest absolute Gasteiger partial charge is 0.387 e. The number of alkyl halides is 2. The Morgan fingerprint density at radius 2 is 1.97 bits per heavy atom. The van der Waals surface area contributed by atoms with Gasteiger partial charge in [0, 0.05) is 11.6 Å². The van der Waals surface area contributed by atoms with Crippen LogP contribution in [0, 0.1) is 0 Å². The molecule has 0 bridgehead atoms. The normalized spacial score (nSPS) is 10.6. The van der Waals surface area contributed by atoms with Crippen LogP contribution >= 0.6 is 0 Å². The Kier molecular flexibility index (Phi) is 7.71. The Bertz CT molecular complexity index is 882. The average molecular weight is 410 g/mol. The number of para-hydroxylation sites is 1. The number of hydrogen-bond donors (Lipinski definition) is 2. The van der Waals surface area contributed by atoms with Crippen LogP contribution in [0.2, 0.25) is 0 Å². The van der Waals surface area contributed by atoms with Gasteiger partial charge >= 0.3 is 18.5 Å². The molecule has 1 aromatic heterocycles. The summed E-state index contributed by atoms with van der Waals surface area (Å²) < 4.78 is 44.0. The number of furan rings is 1. The number of benzene rings is 1. The molecule has 0 unspecified atom stereocenters. The van der Waals surface area contributed by atoms with Crippen LogP contribution < -0.4 is 20.3 Å². The van der Waals surface area contributed by atoms with Crippen molar-refractivity contribution in [3.05, 3.63) is 54.0 Å². The number of hydrogen-bond acceptors (Lipinski definition) is 7. The molecule has 0 saturated heterocycles. The highest BCUT2D eigenvalue weighted by Gasteiger charge is 2.14. The quantitative estimate of drug-likeness (QED) is 0.388. The minimum Gasteiger partial charge on any atom is -0.493 e. The van der Waals surface area contributed by atoms with Gasteiger partial charge in [-0.15, -0.1) is 0 Å². The number of halogens is 2. The number of ether oxygens (including phenoxy) is 3. The predicted octanol–water partition coefficient (Wildman–Crippen LogP) is 1.91. The van der Waals surface area contributed by atoms with Gasteiger partial charge in [0.1, 0.15) is 0 Å². The summed E-state index contributed by atoms with van der Waals surface area (Å²) in [6.45, 7) is -3.79. The molecule has 2 rings (SSSR count). The number of nitrogens with one attached hydrogen (secondary N) is 2. The van der Waals surface area contributed by atoms with E-state index in [4.69, 9.17) is 13.9 Å². The first-order valence-electron chi connectivity index (χ1n) is 8.00. The fourth-order valence-corrected chi connectivity index (χ4v) is 2.01. The molecule has 29 heavy (non-hydrogen) atoms. The van der Waals surface area contributed by atoms with Crippen LogP contribution in [-0.2, 0) is 14.3 Å². The van der Waals surface area contributed by atoms with E-state index in [0.717, 1.165) is 6.08 Å². The molecule has 0 aliphatic carbocycles. The van der Waals surface area contributed by atoms with E-state index in [2.05, 4.69) is 10.2 Å². The maximum atomic E-state index is 12.6. The monoisotopic (exact) mass is 410 g/mol. The fourth-order valence-electron chi connectivity index (χ4n) is 2.01. The van der Waals surface area contributed by atoms with Crippen LogP contribution in [-0.4, -0.2) is 38.1 Å². The molecule has 0 fully saturated rings. The lowest BCUT2D eigenvalue weighted by atomic mass is 10.1. The van der Waals surface area contributed by atoms with Crippen molar-refractivity contribution in [1.82, 2.24) is 10.9 Å². The van der Waals surface area contributed by atoms with Crippen molar-refractivity contribution < 1.29 is 41.8 Å². The molecule has 0 aliphatic heterocycles. The number of amides is 2. The van der Waals surface area contributed by atoms with E-state index in [0.29, 0.717) is 0 Å². The van der Waals surface area contributed by atoms with E-state index in [1.807, 2.05) is 5.43 Å². The zero-order valence-electron chi connectivity index (χ0n) is 15.0. The van der Waals surface area contributed by atoms with E-state index in [9.17, 15) is 23.2 Å². The zero-order valence-corrected chi connectivity index (χ0v) is 15.0. The molecular weight excluding hydrogens is 394 g/mol. The molecule has 9 nitrogen and oxygen atoms in total. The highest BCUT2D eigenvalue weighted by molar-refractivity contribution is 5.93. The van der Waals surface area contributed by atoms with Crippen LogP contribution in [0.5, 0.6) is 11.5 Å². The lowest BCUT2D eigenvalue weighted by Gasteiger charge is -2.12. The molecule has 1 heterocycles. The summed E-state index contributed by atoms with van der Waals surface area (Å²) >= 11 is 0. The summed E-state index contributed by atoms with van der Waals surface area (Å²) in [7, 11) is 1.28. The molecule has 1 aromatic carbocycles. The van der Waals surface area contributed by atoms with Crippen molar-refractivity contribution in [2.45, 2.75) is 6.61 Å². The Hall–Kier alpha value is -3.89. The third kappa shape index (κ3) is 6.65. The van der Waals surface area contributed by atoms with E-state index < -0.39 is 31.0 Å². The highest BCUT2D eigenvalue weighted by atomic mass is 19.3. The molecule has 0 saturated carbocycles. The van der Waals surface area contributed by atoms with Crippen LogP contribution in [0.4, 0.5) is 8.78 Å². The number of carbonyl (C=O) groups excluding carboxylic acids is 3. The summed E-state index contributed by atoms with van der Waals surface area (Å²) in [4.78, 5) is 34.9. The number of carbonyl (C=O) groups is 3. The van der Waals surface area contributed by atoms with Gasteiger partial charge in [0.25, 0.3) is 5.91 Å². The topological polar surface area (TPSA) is 116 Å². The van der Waals surface area contributed by atoms with Crippen LogP contribution in [0.1, 0.15) is 16.1 Å². The van der Waals surface area contributed by atoms with Gasteiger partial charge in [0.15, 0.2) is 23.9 Å². The second-order valence-electron chi connectivity index (χ2n) is 5.18. The Morgan fingerprint density at radius 3 is 2.62 bits per heavy atom. The third-order valence-electron chi connectivity index (χ3n) is 3.24. The van der Waals surface area contributed by atoms with Crippen LogP contribution in [0.25, 0.3) is 6.08 Å². The molecule has 11 heteroatoms. The first-order valence-corrected chi connectivity index (χ1v) is 8.00. The summed E-state index contributed by atoms with van der Waals surface area (Å²) in [6, 6.07) is 7.22. The summed E-state index contributed by atoms with van der Waals surface area (Å²) in [5.74, 6) is -2.66. The summed E-state index contributed by atoms with van der Waals surface area (Å²) in [6.07, 6.45) is 3.37. The maximum absolute atomic E-state index is 12.6. The van der Waals surface area contributed by atoms with Gasteiger partial charge in [-0.25, -0.2) is 4.79 Å². The van der Waals surface area contributed by atoms with Gasteiger partial charge in [-0.05, 0) is 24.3 Å². The zero-order chi connectivity index (χ0) is 21.2. The Labute approximate surface area is 163 Å². The van der Waals surface area contributed by atoms with Gasteiger partial charge in [0.05, 0.1) is 13.4 Å². The standard InChI is InChI=1S/C18H16F2N2O7/c1-26-12-5-2-4-11(16(12)29-18(19)20)7-8-15(24)28-10-14(23)21-22-17(25)13-6-3-9-27-13/h2-9,18H,10H2,1H3,(H,21,23)(H,22,25)/b8-7+. The van der Waals surface area contributed by atoms with Crippen molar-refractivity contribution in [3.8, 4) is 11.5 Å². The lowest BCUT2D eigenvalue weighted by Crippen LogP contribution is -2.43. The Balaban J connectivity index is 1.86. The van der Waals surface area contributed by atoms with Crippen molar-refractivity contribution >= 4 is 23.9 Å². The molecule has 0 aliphatic rings. The molecule has 2 aromatic rings. The SMILES string of the molecule is COc1cccc(/C=C/C(=O)OCC(=O)NNC(=O)c2ccco2)c1OC(F)F. The Morgan fingerprint density at radius 1 is 1.17 bits per heavy atom. The summed E-state index contributed by atoms with van der Waals surface area (Å²) in [5, 5.41) is 0. The third-order valence-corrected chi connectivity index (χ3v) is 3.24. The molecular formula is C18H16F2N2O7. The number of methoxy groups -OCH3 is 1. The van der Waals surface area contributed by atoms with E-state index >= 15 is 0 Å². The van der Waals surface area contributed by atoms with Crippen molar-refractivity contribution in [2.75, 3.05) is 13.7 Å². The minimum atomic E-state index is -3.09. The van der Waals surface area contributed by atoms with Crippen LogP contribution in [0.15, 0.2) is 47.1 Å². The molecule has 2 amide bonds. The van der Waals surface area contributed by atoms with Crippen molar-refractivity contribution in [3.63, 3.8) is 0 Å². The van der Waals surface area contributed by atoms with Gasteiger partial charge < -0.3 is 18.6 Å². The van der Waals surface area contributed by atoms with E-state index in [1.54, 1.807) is 0 Å². The molecule has 0 spiro atoms. The first kappa shape index (κ1) is 21.4. The van der Waals surface area contributed by atoms with Crippen molar-refractivity contribution in [1.29, 1.82) is 0 Å². The minimum absolute atomic E-state index is 0.0228. The molecule has 0 atom stereocenters. The fraction of sp³-hybridized carbons (Fsp3) is 0.167. The highest BCUT2D eigenvalue weighted by Crippen LogP contribution is 2.33. The largest absolute Gasteiger partial charge is 0.493 e. The van der Waals surface area contributed by atoms with Gasteiger partial charge in [-0.3, -0.25) is 20.4 Å². The number of hydrazine groups is 1. The van der Waals surface area contributed by atoms with E-state index in [-0.39, 0.29) is 22.8 Å². The molecule has 2 N–H and O–H groups in total. The van der Waals surface area contributed by atoms with Gasteiger partial charge in [-0.2, -0.15) is 8.78 Å². The average Bonchev–Trinajstić information content (AvgIpc) is 3.24. The van der Waals surface area contributed by atoms with Crippen molar-refractivity contribution in [2.24, 2.45) is 0 Å². The first-order chi connectivity index (χ1) is 13.9. The second-order valence-corrected chi connectivity index (χ2v) is 5.18. The maximum Gasteiger partial charge on any atom is 0.387 e. The van der Waals surface area contributed by atoms with Gasteiger partial charge in [0.2, 0.25) is 0 Å². The summed E-state index contributed by atoms with van der Waals surface area (Å²) in [5.41, 5.74) is 4.22. The molecule has 0 radical (unpaired) electrons.